The number of hydrogen-bond donors (Lipinski definition) is 4. The Morgan fingerprint density at radius 1 is 1.06 bits per heavy atom. The number of hydrogen-bond acceptors (Lipinski definition) is 11. The van der Waals surface area contributed by atoms with E-state index in [0.29, 0.717) is 28.9 Å². The number of nitrogens with one attached hydrogen (secondary N) is 1. The zero-order chi connectivity index (χ0) is 35.5. The maximum Gasteiger partial charge on any atom is 0.263 e. The summed E-state index contributed by atoms with van der Waals surface area (Å²) < 4.78 is 17.1. The van der Waals surface area contributed by atoms with Crippen molar-refractivity contribution in [1.29, 1.82) is 0 Å². The second-order valence-corrected chi connectivity index (χ2v) is 10.1. The van der Waals surface area contributed by atoms with Crippen molar-refractivity contribution in [1.82, 2.24) is 9.97 Å². The molecule has 0 aliphatic heterocycles. The third-order valence-corrected chi connectivity index (χ3v) is 5.78. The van der Waals surface area contributed by atoms with Gasteiger partial charge in [-0.1, -0.05) is 45.1 Å². The number of aliphatic imine (C=N–C) groups is 2. The van der Waals surface area contributed by atoms with Crippen LogP contribution < -0.4 is 14.8 Å². The largest absolute Gasteiger partial charge is 0.508 e. The van der Waals surface area contributed by atoms with Gasteiger partial charge in [-0.2, -0.15) is 4.98 Å². The molecular weight excluding hydrogens is 598 g/mol. The Hall–Kier alpha value is -4.92. The fourth-order valence-electron chi connectivity index (χ4n) is 3.49. The lowest BCUT2D eigenvalue weighted by Gasteiger charge is -2.19. The van der Waals surface area contributed by atoms with E-state index in [1.54, 1.807) is 38.6 Å². The molecule has 11 heteroatoms. The number of aliphatic hydroxyl groups is 3. The highest BCUT2D eigenvalue weighted by atomic mass is 16.6. The smallest absolute Gasteiger partial charge is 0.263 e. The first kappa shape index (κ1) is 42.1. The van der Waals surface area contributed by atoms with Crippen molar-refractivity contribution >= 4 is 18.7 Å². The normalized spacial score (nSPS) is 13.6. The first-order valence-electron chi connectivity index (χ1n) is 14.9. The molecule has 1 aromatic heterocycles. The van der Waals surface area contributed by atoms with Crippen LogP contribution in [0.2, 0.25) is 0 Å². The number of aliphatic hydroxyl groups excluding tert-OH is 3. The molecule has 0 unspecified atom stereocenters. The van der Waals surface area contributed by atoms with Gasteiger partial charge < -0.3 is 34.8 Å². The summed E-state index contributed by atoms with van der Waals surface area (Å²) in [5.41, 5.74) is 1.46. The molecular formula is C36H51N5O6. The predicted octanol–water partition coefficient (Wildman–Crippen LogP) is 6.43. The molecule has 0 amide bonds. The Labute approximate surface area is 280 Å². The van der Waals surface area contributed by atoms with Gasteiger partial charge in [-0.05, 0) is 74.8 Å². The second kappa shape index (κ2) is 25.3. The highest BCUT2D eigenvalue weighted by Crippen LogP contribution is 2.35. The monoisotopic (exact) mass is 649 g/mol. The van der Waals surface area contributed by atoms with Gasteiger partial charge in [0.15, 0.2) is 23.2 Å². The van der Waals surface area contributed by atoms with Crippen LogP contribution in [0.4, 0.5) is 5.82 Å². The molecule has 0 saturated heterocycles. The van der Waals surface area contributed by atoms with E-state index in [0.717, 1.165) is 20.0 Å². The molecule has 2 aliphatic rings. The molecule has 0 spiro atoms. The average molecular weight is 650 g/mol. The molecule has 11 nitrogen and oxygen atoms in total. The van der Waals surface area contributed by atoms with Crippen molar-refractivity contribution in [2.45, 2.75) is 54.0 Å². The average Bonchev–Trinajstić information content (AvgIpc) is 3.45. The summed E-state index contributed by atoms with van der Waals surface area (Å²) in [5, 5.41) is 28.4. The number of allylic oxidation sites excluding steroid dienone is 10. The fraction of sp³-hybridized carbons (Fsp3) is 0.389. The molecule has 0 aromatic carbocycles. The van der Waals surface area contributed by atoms with E-state index >= 15 is 0 Å². The number of ether oxygens (including phenoxy) is 3. The van der Waals surface area contributed by atoms with E-state index in [2.05, 4.69) is 70.7 Å². The molecule has 1 heterocycles. The molecule has 2 aliphatic carbocycles. The van der Waals surface area contributed by atoms with Crippen LogP contribution in [0, 0.1) is 17.3 Å². The molecule has 47 heavy (non-hydrogen) atoms. The highest BCUT2D eigenvalue weighted by molar-refractivity contribution is 5.71. The second-order valence-electron chi connectivity index (χ2n) is 10.1. The van der Waals surface area contributed by atoms with Gasteiger partial charge in [-0.25, -0.2) is 4.98 Å². The summed E-state index contributed by atoms with van der Waals surface area (Å²) >= 11 is 0. The summed E-state index contributed by atoms with van der Waals surface area (Å²) in [5.74, 6) is 8.12. The molecule has 0 radical (unpaired) electrons. The lowest BCUT2D eigenvalue weighted by Crippen LogP contribution is -2.11. The maximum atomic E-state index is 9.21. The first-order valence-corrected chi connectivity index (χ1v) is 14.9. The van der Waals surface area contributed by atoms with Crippen molar-refractivity contribution in [3.05, 3.63) is 89.6 Å². The standard InChI is InChI=1S/C20H25N5O4.C11H16O.C4H6.CH4O/c1-21-10-7-11-23-14-17-24-19(22-2)18(20(25-17)28-13-12-26)29-16-9-6-4-5-8-15(16)27-3;1-11(2,3)9-5-4-6-10(12)8-7-9;1-3-4-2;1-2/h4,6-11,26H,1,5,12-14H2,2-3H3,(H,22,24,25);5-8,12H,4H2,1-3H3;1-2H3;2H,1H3/b10-7-,23-11?;;;. The Bertz CT molecular complexity index is 1400. The third-order valence-electron chi connectivity index (χ3n) is 5.78. The highest BCUT2D eigenvalue weighted by Gasteiger charge is 2.21. The fourth-order valence-corrected chi connectivity index (χ4v) is 3.49. The van der Waals surface area contributed by atoms with Gasteiger partial charge in [0.25, 0.3) is 5.88 Å². The van der Waals surface area contributed by atoms with Crippen molar-refractivity contribution in [2.24, 2.45) is 15.4 Å². The summed E-state index contributed by atoms with van der Waals surface area (Å²) in [4.78, 5) is 16.6. The third kappa shape index (κ3) is 17.4. The van der Waals surface area contributed by atoms with Crippen molar-refractivity contribution < 1.29 is 29.5 Å². The number of rotatable bonds is 11. The van der Waals surface area contributed by atoms with Crippen LogP contribution in [0.1, 0.15) is 53.3 Å². The molecule has 256 valence electrons. The van der Waals surface area contributed by atoms with Crippen LogP contribution in [0.15, 0.2) is 93.7 Å². The number of nitrogens with zero attached hydrogens (tertiary/aromatic N) is 4. The molecule has 0 atom stereocenters. The maximum absolute atomic E-state index is 9.21. The summed E-state index contributed by atoms with van der Waals surface area (Å²) in [6.45, 7) is 13.6. The molecule has 0 saturated carbocycles. The van der Waals surface area contributed by atoms with Gasteiger partial charge in [0.2, 0.25) is 5.75 Å². The van der Waals surface area contributed by atoms with E-state index in [9.17, 15) is 5.11 Å². The molecule has 1 aromatic rings. The quantitative estimate of drug-likeness (QED) is 0.157. The summed E-state index contributed by atoms with van der Waals surface area (Å²) in [7, 11) is 4.29. The zero-order valence-corrected chi connectivity index (χ0v) is 28.9. The minimum absolute atomic E-state index is 0.0545. The minimum atomic E-state index is -0.167. The van der Waals surface area contributed by atoms with Gasteiger partial charge in [0, 0.05) is 26.6 Å². The van der Waals surface area contributed by atoms with Crippen LogP contribution in [-0.4, -0.2) is 72.7 Å². The topological polar surface area (TPSA) is 151 Å². The van der Waals surface area contributed by atoms with Gasteiger partial charge in [0.05, 0.1) is 20.3 Å². The van der Waals surface area contributed by atoms with Crippen LogP contribution in [0.25, 0.3) is 0 Å². The Morgan fingerprint density at radius 3 is 2.38 bits per heavy atom. The number of methoxy groups -OCH3 is 1. The van der Waals surface area contributed by atoms with E-state index in [4.69, 9.17) is 24.4 Å². The molecule has 3 rings (SSSR count). The van der Waals surface area contributed by atoms with E-state index in [-0.39, 0.29) is 36.8 Å². The summed E-state index contributed by atoms with van der Waals surface area (Å²) in [6.07, 6.45) is 21.5. The Morgan fingerprint density at radius 2 is 1.79 bits per heavy atom. The Balaban J connectivity index is 0.000000967. The van der Waals surface area contributed by atoms with Crippen LogP contribution in [0.5, 0.6) is 11.6 Å². The van der Waals surface area contributed by atoms with E-state index < -0.39 is 0 Å². The van der Waals surface area contributed by atoms with Gasteiger partial charge in [0.1, 0.15) is 12.4 Å². The van der Waals surface area contributed by atoms with Gasteiger partial charge >= 0.3 is 0 Å². The predicted molar refractivity (Wildman–Crippen MR) is 192 cm³/mol. The van der Waals surface area contributed by atoms with Crippen LogP contribution in [0.3, 0.4) is 0 Å². The summed E-state index contributed by atoms with van der Waals surface area (Å²) in [6, 6.07) is 0. The molecule has 0 bridgehead atoms. The number of anilines is 1. The van der Waals surface area contributed by atoms with E-state index in [1.165, 1.54) is 11.8 Å². The lowest BCUT2D eigenvalue weighted by atomic mass is 9.86. The Kier molecular flexibility index (Phi) is 22.6. The van der Waals surface area contributed by atoms with Gasteiger partial charge in [-0.3, -0.25) is 9.98 Å². The van der Waals surface area contributed by atoms with E-state index in [1.807, 2.05) is 44.2 Å². The van der Waals surface area contributed by atoms with Crippen molar-refractivity contribution in [3.8, 4) is 23.5 Å². The lowest BCUT2D eigenvalue weighted by molar-refractivity contribution is 0.189. The van der Waals surface area contributed by atoms with Gasteiger partial charge in [-0.15, -0.1) is 11.8 Å². The number of aromatic nitrogens is 2. The molecule has 0 fully saturated rings. The van der Waals surface area contributed by atoms with Crippen LogP contribution in [-0.2, 0) is 11.3 Å². The molecule has 4 N–H and O–H groups in total. The first-order chi connectivity index (χ1) is 22.6. The zero-order valence-electron chi connectivity index (χ0n) is 28.9. The SMILES string of the molecule is C=N/C=C\C=NCc1nc(NC)c(OC2=CC=CCC=C2OC)c(OCCO)n1.CC#CC.CC(C)(C)C1=CCC=C(O)C=C1.CO. The van der Waals surface area contributed by atoms with Crippen molar-refractivity contribution in [2.75, 3.05) is 39.8 Å². The van der Waals surface area contributed by atoms with Crippen LogP contribution >= 0.6 is 0 Å². The minimum Gasteiger partial charge on any atom is -0.508 e. The van der Waals surface area contributed by atoms with Crippen molar-refractivity contribution in [3.63, 3.8) is 0 Å².